The topological polar surface area (TPSA) is 158 Å². The number of unbranched alkanes of at least 4 members (excludes halogenated alkanes) is 6. The van der Waals surface area contributed by atoms with Gasteiger partial charge in [0, 0.05) is 28.3 Å². The summed E-state index contributed by atoms with van der Waals surface area (Å²) < 4.78 is 34.0. The summed E-state index contributed by atoms with van der Waals surface area (Å²) in [6.45, 7) is 6.65. The van der Waals surface area contributed by atoms with Crippen LogP contribution in [-0.4, -0.2) is 61.2 Å². The van der Waals surface area contributed by atoms with Crippen LogP contribution in [0.3, 0.4) is 0 Å². The number of hydrogen-bond donors (Lipinski definition) is 0. The van der Waals surface area contributed by atoms with Gasteiger partial charge >= 0.3 is 35.8 Å². The molecule has 3 fully saturated rings. The van der Waals surface area contributed by atoms with Crippen molar-refractivity contribution in [1.82, 2.24) is 0 Å². The van der Waals surface area contributed by atoms with Crippen LogP contribution in [0.5, 0.6) is 11.5 Å². The molecule has 3 aliphatic rings. The number of esters is 6. The normalized spacial score (nSPS) is 20.3. The molecule has 0 heterocycles. The molecule has 80 heavy (non-hydrogen) atoms. The molecule has 12 nitrogen and oxygen atoms in total. The summed E-state index contributed by atoms with van der Waals surface area (Å²) >= 11 is 0. The number of carbonyl (C=O) groups is 6. The van der Waals surface area contributed by atoms with Crippen molar-refractivity contribution < 1.29 is 57.2 Å². The van der Waals surface area contributed by atoms with Crippen LogP contribution >= 0.6 is 0 Å². The van der Waals surface area contributed by atoms with E-state index in [9.17, 15) is 28.8 Å². The Morgan fingerprint density at radius 1 is 0.512 bits per heavy atom. The number of benzene rings is 4. The predicted octanol–water partition coefficient (Wildman–Crippen LogP) is 12.8. The van der Waals surface area contributed by atoms with Crippen LogP contribution in [0.25, 0.3) is 0 Å². The first-order chi connectivity index (χ1) is 38.9. The van der Waals surface area contributed by atoms with E-state index >= 15 is 0 Å². The van der Waals surface area contributed by atoms with Gasteiger partial charge in [0.15, 0.2) is 5.60 Å². The van der Waals surface area contributed by atoms with Crippen molar-refractivity contribution in [3.8, 4) is 47.5 Å². The maximum Gasteiger partial charge on any atom is 0.339 e. The quantitative estimate of drug-likeness (QED) is 0.0183. The van der Waals surface area contributed by atoms with Gasteiger partial charge in [-0.1, -0.05) is 68.6 Å². The van der Waals surface area contributed by atoms with Gasteiger partial charge in [0.05, 0.1) is 49.1 Å². The fourth-order valence-electron chi connectivity index (χ4n) is 10.4. The van der Waals surface area contributed by atoms with E-state index in [2.05, 4.69) is 43.1 Å². The van der Waals surface area contributed by atoms with Crippen LogP contribution in [0.15, 0.2) is 110 Å². The van der Waals surface area contributed by atoms with Gasteiger partial charge < -0.3 is 28.4 Å². The molecule has 4 aromatic rings. The van der Waals surface area contributed by atoms with Gasteiger partial charge in [-0.2, -0.15) is 0 Å². The third kappa shape index (κ3) is 18.6. The molecular formula is C68H74O12. The Bertz CT molecular complexity index is 2880. The van der Waals surface area contributed by atoms with Crippen molar-refractivity contribution >= 4 is 35.8 Å². The molecule has 0 radical (unpaired) electrons. The standard InChI is InChI=1S/C68H74O12/c1-4-7-8-11-47-76-63(70)55-24-30-58(31-25-55)66(73)79-61-38-34-59(35-39-61)67(74)80-68(43-40-52-22-20-51(21-23-52)19-18-50-16-14-49(5-2)15-17-50)44-41-54(42-45-68)53-32-36-60(37-33-53)78-65(72)57-28-26-56(27-29-57)64(71)77-48-13-10-9-12-46-75-62(69)6-3/h2,6,14-17,20-23,32-39,54-58H,3-4,7-13,24-31,41-42,44-48H2,1H3. The molecule has 0 amide bonds. The molecule has 0 unspecified atom stereocenters. The third-order valence-corrected chi connectivity index (χ3v) is 15.4. The molecule has 0 spiro atoms. The Hall–Kier alpha value is -7.88. The van der Waals surface area contributed by atoms with Crippen LogP contribution in [0.1, 0.15) is 179 Å². The fraction of sp³-hybridized carbons (Fsp3) is 0.441. The Labute approximate surface area is 472 Å². The Balaban J connectivity index is 0.915. The molecule has 4 aromatic carbocycles. The lowest BCUT2D eigenvalue weighted by Gasteiger charge is -2.36. The monoisotopic (exact) mass is 1080 g/mol. The second-order valence-corrected chi connectivity index (χ2v) is 21.2. The van der Waals surface area contributed by atoms with Crippen LogP contribution in [0, 0.1) is 59.7 Å². The first-order valence-electron chi connectivity index (χ1n) is 28.6. The summed E-state index contributed by atoms with van der Waals surface area (Å²) in [5.74, 6) is 13.4. The molecule has 3 aliphatic carbocycles. The van der Waals surface area contributed by atoms with Gasteiger partial charge in [-0.25, -0.2) is 9.59 Å². The lowest BCUT2D eigenvalue weighted by Crippen LogP contribution is -2.37. The van der Waals surface area contributed by atoms with Gasteiger partial charge in [0.2, 0.25) is 0 Å². The van der Waals surface area contributed by atoms with Gasteiger partial charge in [0.1, 0.15) is 11.5 Å². The largest absolute Gasteiger partial charge is 0.465 e. The average Bonchev–Trinajstić information content (AvgIpc) is 3.53. The molecule has 0 aliphatic heterocycles. The highest BCUT2D eigenvalue weighted by atomic mass is 16.6. The van der Waals surface area contributed by atoms with Crippen molar-refractivity contribution in [2.24, 2.45) is 23.7 Å². The van der Waals surface area contributed by atoms with E-state index in [0.717, 1.165) is 85.3 Å². The van der Waals surface area contributed by atoms with E-state index in [1.165, 1.54) is 0 Å². The Morgan fingerprint density at radius 3 is 1.38 bits per heavy atom. The van der Waals surface area contributed by atoms with Gasteiger partial charge in [0.25, 0.3) is 0 Å². The molecule has 0 aromatic heterocycles. The Kier molecular flexibility index (Phi) is 23.2. The smallest absolute Gasteiger partial charge is 0.339 e. The van der Waals surface area contributed by atoms with Gasteiger partial charge in [-0.05, 0) is 211 Å². The summed E-state index contributed by atoms with van der Waals surface area (Å²) in [6.07, 6.45) is 20.7. The summed E-state index contributed by atoms with van der Waals surface area (Å²) in [5, 5.41) is 0. The second-order valence-electron chi connectivity index (χ2n) is 21.2. The van der Waals surface area contributed by atoms with E-state index in [1.807, 2.05) is 72.8 Å². The van der Waals surface area contributed by atoms with Crippen LogP contribution in [0.2, 0.25) is 0 Å². The van der Waals surface area contributed by atoms with Crippen molar-refractivity contribution in [2.45, 2.75) is 147 Å². The van der Waals surface area contributed by atoms with Crippen molar-refractivity contribution in [2.75, 3.05) is 19.8 Å². The predicted molar refractivity (Wildman–Crippen MR) is 304 cm³/mol. The molecule has 0 saturated heterocycles. The maximum atomic E-state index is 14.0. The van der Waals surface area contributed by atoms with Crippen molar-refractivity contribution in [1.29, 1.82) is 0 Å². The van der Waals surface area contributed by atoms with E-state index in [1.54, 1.807) is 24.3 Å². The van der Waals surface area contributed by atoms with Crippen molar-refractivity contribution in [3.05, 3.63) is 143 Å². The van der Waals surface area contributed by atoms with Crippen molar-refractivity contribution in [3.63, 3.8) is 0 Å². The average molecular weight is 1080 g/mol. The first kappa shape index (κ1) is 59.8. The number of terminal acetylenes is 1. The molecule has 12 heteroatoms. The SMILES string of the molecule is C#Cc1ccc(C#Cc2ccc(C#CC3(OC(=O)c4ccc(OC(=O)C5CCC(C(=O)OCCCCCC)CC5)cc4)CCC(c4ccc(OC(=O)C5CCC(C(=O)OCCCCCCOC(=O)C=C)CC5)cc4)CC3)cc2)cc1. The van der Waals surface area contributed by atoms with Crippen LogP contribution in [0.4, 0.5) is 0 Å². The van der Waals surface area contributed by atoms with E-state index < -0.39 is 17.5 Å². The van der Waals surface area contributed by atoms with E-state index in [4.69, 9.17) is 34.8 Å². The number of hydrogen-bond acceptors (Lipinski definition) is 12. The van der Waals surface area contributed by atoms with Crippen LogP contribution in [-0.2, 0) is 42.9 Å². The second kappa shape index (κ2) is 31.1. The minimum absolute atomic E-state index is 0.135. The zero-order chi connectivity index (χ0) is 56.5. The zero-order valence-corrected chi connectivity index (χ0v) is 46.1. The minimum atomic E-state index is -1.10. The first-order valence-corrected chi connectivity index (χ1v) is 28.6. The van der Waals surface area contributed by atoms with Gasteiger partial charge in [-0.15, -0.1) is 6.42 Å². The minimum Gasteiger partial charge on any atom is -0.465 e. The zero-order valence-electron chi connectivity index (χ0n) is 46.1. The lowest BCUT2D eigenvalue weighted by atomic mass is 9.76. The molecule has 0 N–H and O–H groups in total. The molecular weight excluding hydrogens is 1010 g/mol. The molecule has 418 valence electrons. The third-order valence-electron chi connectivity index (χ3n) is 15.4. The number of ether oxygens (including phenoxy) is 6. The lowest BCUT2D eigenvalue weighted by molar-refractivity contribution is -0.152. The highest BCUT2D eigenvalue weighted by molar-refractivity contribution is 5.90. The highest BCUT2D eigenvalue weighted by Crippen LogP contribution is 2.41. The van der Waals surface area contributed by atoms with E-state index in [0.29, 0.717) is 114 Å². The summed E-state index contributed by atoms with van der Waals surface area (Å²) in [5.41, 5.74) is 3.46. The van der Waals surface area contributed by atoms with E-state index in [-0.39, 0.29) is 53.5 Å². The molecule has 0 bridgehead atoms. The highest BCUT2D eigenvalue weighted by Gasteiger charge is 2.39. The molecule has 0 atom stereocenters. The number of rotatable bonds is 22. The van der Waals surface area contributed by atoms with Crippen LogP contribution < -0.4 is 9.47 Å². The summed E-state index contributed by atoms with van der Waals surface area (Å²) in [7, 11) is 0. The summed E-state index contributed by atoms with van der Waals surface area (Å²) in [4.78, 5) is 77.0. The van der Waals surface area contributed by atoms with Gasteiger partial charge in [-0.3, -0.25) is 19.2 Å². The molecule has 3 saturated carbocycles. The fourth-order valence-corrected chi connectivity index (χ4v) is 10.4. The number of carbonyl (C=O) groups excluding carboxylic acids is 6. The summed E-state index contributed by atoms with van der Waals surface area (Å²) in [6, 6.07) is 29.0. The molecule has 7 rings (SSSR count). The Morgan fingerprint density at radius 2 is 0.925 bits per heavy atom. The maximum absolute atomic E-state index is 14.0.